The van der Waals surface area contributed by atoms with Crippen LogP contribution in [0, 0.1) is 0 Å². The Balaban J connectivity index is 1.56. The fourth-order valence-electron chi connectivity index (χ4n) is 3.18. The van der Waals surface area contributed by atoms with Crippen LogP contribution in [0.4, 0.5) is 11.4 Å². The second-order valence-corrected chi connectivity index (χ2v) is 7.76. The first-order valence-corrected chi connectivity index (χ1v) is 10.6. The maximum absolute atomic E-state index is 12.5. The van der Waals surface area contributed by atoms with Gasteiger partial charge in [-0.05, 0) is 42.0 Å². The van der Waals surface area contributed by atoms with Crippen molar-refractivity contribution in [2.75, 3.05) is 5.32 Å². The molecule has 29 heavy (non-hydrogen) atoms. The van der Waals surface area contributed by atoms with E-state index < -0.39 is 0 Å². The summed E-state index contributed by atoms with van der Waals surface area (Å²) < 4.78 is 1.75. The van der Waals surface area contributed by atoms with E-state index >= 15 is 0 Å². The summed E-state index contributed by atoms with van der Waals surface area (Å²) >= 11 is 1.44. The summed E-state index contributed by atoms with van der Waals surface area (Å²) in [6, 6.07) is 12.1. The van der Waals surface area contributed by atoms with Crippen molar-refractivity contribution in [1.29, 1.82) is 0 Å². The molecule has 0 aliphatic carbocycles. The van der Waals surface area contributed by atoms with Crippen molar-refractivity contribution in [3.8, 4) is 11.1 Å². The van der Waals surface area contributed by atoms with Gasteiger partial charge in [0.1, 0.15) is 0 Å². The molecule has 0 bridgehead atoms. The van der Waals surface area contributed by atoms with Crippen LogP contribution < -0.4 is 10.6 Å². The molecular weight excluding hydrogens is 382 g/mol. The van der Waals surface area contributed by atoms with Crippen molar-refractivity contribution >= 4 is 34.3 Å². The van der Waals surface area contributed by atoms with Gasteiger partial charge in [0.25, 0.3) is 5.91 Å². The number of hydrogen-bond donors (Lipinski definition) is 2. The van der Waals surface area contributed by atoms with Crippen LogP contribution in [0.25, 0.3) is 16.8 Å². The van der Waals surface area contributed by atoms with Gasteiger partial charge >= 0.3 is 0 Å². The van der Waals surface area contributed by atoms with Crippen LogP contribution in [-0.2, 0) is 0 Å². The van der Waals surface area contributed by atoms with Gasteiger partial charge < -0.3 is 10.6 Å². The second-order valence-electron chi connectivity index (χ2n) is 6.85. The lowest BCUT2D eigenvalue weighted by Crippen LogP contribution is -2.33. The SMILES string of the molecule is CCC(CC)NC(=O)c1cc(-c2cnn3cc(Nc4ccccc4)cnc23)cs1. The van der Waals surface area contributed by atoms with E-state index in [0.29, 0.717) is 4.88 Å². The van der Waals surface area contributed by atoms with Gasteiger partial charge in [-0.3, -0.25) is 4.79 Å². The fraction of sp³-hybridized carbons (Fsp3) is 0.227. The van der Waals surface area contributed by atoms with Crippen LogP contribution in [0.5, 0.6) is 0 Å². The van der Waals surface area contributed by atoms with Gasteiger partial charge in [0.15, 0.2) is 5.65 Å². The van der Waals surface area contributed by atoms with Crippen LogP contribution in [0.2, 0.25) is 0 Å². The van der Waals surface area contributed by atoms with E-state index in [-0.39, 0.29) is 11.9 Å². The number of benzene rings is 1. The molecule has 0 saturated heterocycles. The Morgan fingerprint density at radius 2 is 1.93 bits per heavy atom. The largest absolute Gasteiger partial charge is 0.353 e. The van der Waals surface area contributed by atoms with Gasteiger partial charge in [0, 0.05) is 17.3 Å². The van der Waals surface area contributed by atoms with Gasteiger partial charge in [-0.2, -0.15) is 5.10 Å². The summed E-state index contributed by atoms with van der Waals surface area (Å²) in [5.74, 6) is -0.0197. The van der Waals surface area contributed by atoms with Crippen molar-refractivity contribution in [3.63, 3.8) is 0 Å². The highest BCUT2D eigenvalue weighted by Crippen LogP contribution is 2.29. The Kier molecular flexibility index (Phi) is 5.57. The van der Waals surface area contributed by atoms with Crippen LogP contribution >= 0.6 is 11.3 Å². The standard InChI is InChI=1S/C22H23N5OS/c1-3-16(4-2)26-22(28)20-10-15(14-29-20)19-12-24-27-13-18(11-23-21(19)27)25-17-8-6-5-7-9-17/h5-14,16,25H,3-4H2,1-2H3,(H,26,28). The first-order valence-electron chi connectivity index (χ1n) is 9.73. The highest BCUT2D eigenvalue weighted by Gasteiger charge is 2.16. The number of hydrogen-bond acceptors (Lipinski definition) is 5. The lowest BCUT2D eigenvalue weighted by molar-refractivity contribution is 0.0939. The zero-order chi connectivity index (χ0) is 20.2. The van der Waals surface area contributed by atoms with E-state index in [1.165, 1.54) is 11.3 Å². The number of anilines is 2. The summed E-state index contributed by atoms with van der Waals surface area (Å²) in [4.78, 5) is 17.8. The van der Waals surface area contributed by atoms with E-state index in [0.717, 1.165) is 41.0 Å². The molecule has 7 heteroatoms. The van der Waals surface area contributed by atoms with Crippen LogP contribution in [0.15, 0.2) is 60.4 Å². The molecule has 6 nitrogen and oxygen atoms in total. The Hall–Kier alpha value is -3.19. The van der Waals surface area contributed by atoms with Crippen molar-refractivity contribution in [2.45, 2.75) is 32.7 Å². The third-order valence-corrected chi connectivity index (χ3v) is 5.80. The molecule has 4 aromatic rings. The minimum Gasteiger partial charge on any atom is -0.353 e. The number of carbonyl (C=O) groups is 1. The summed E-state index contributed by atoms with van der Waals surface area (Å²) in [5.41, 5.74) is 4.47. The summed E-state index contributed by atoms with van der Waals surface area (Å²) in [6.07, 6.45) is 7.35. The number of rotatable bonds is 7. The summed E-state index contributed by atoms with van der Waals surface area (Å²) in [6.45, 7) is 4.17. The van der Waals surface area contributed by atoms with Crippen molar-refractivity contribution in [3.05, 3.63) is 65.2 Å². The van der Waals surface area contributed by atoms with Gasteiger partial charge in [-0.15, -0.1) is 11.3 Å². The number of carbonyl (C=O) groups excluding carboxylic acids is 1. The number of nitrogens with zero attached hydrogens (tertiary/aromatic N) is 3. The molecule has 0 radical (unpaired) electrons. The third-order valence-electron chi connectivity index (χ3n) is 4.87. The number of thiophene rings is 1. The van der Waals surface area contributed by atoms with E-state index in [1.54, 1.807) is 16.9 Å². The smallest absolute Gasteiger partial charge is 0.261 e. The van der Waals surface area contributed by atoms with Gasteiger partial charge in [0.05, 0.1) is 29.2 Å². The molecule has 4 rings (SSSR count). The Bertz CT molecular complexity index is 1110. The average Bonchev–Trinajstić information content (AvgIpc) is 3.39. The average molecular weight is 406 g/mol. The normalized spacial score (nSPS) is 11.1. The first kappa shape index (κ1) is 19.1. The molecule has 0 saturated carbocycles. The lowest BCUT2D eigenvalue weighted by atomic mass is 10.1. The molecule has 1 aromatic carbocycles. The van der Waals surface area contributed by atoms with E-state index in [1.807, 2.05) is 48.0 Å². The molecule has 3 heterocycles. The molecule has 1 amide bonds. The summed E-state index contributed by atoms with van der Waals surface area (Å²) in [7, 11) is 0. The highest BCUT2D eigenvalue weighted by molar-refractivity contribution is 7.12. The highest BCUT2D eigenvalue weighted by atomic mass is 32.1. The molecule has 148 valence electrons. The number of aromatic nitrogens is 3. The predicted molar refractivity (Wildman–Crippen MR) is 118 cm³/mol. The summed E-state index contributed by atoms with van der Waals surface area (Å²) in [5, 5.41) is 12.8. The molecule has 0 aliphatic rings. The van der Waals surface area contributed by atoms with Crippen molar-refractivity contribution in [1.82, 2.24) is 19.9 Å². The minimum absolute atomic E-state index is 0.0197. The van der Waals surface area contributed by atoms with Gasteiger partial charge in [0.2, 0.25) is 0 Å². The molecule has 2 N–H and O–H groups in total. The van der Waals surface area contributed by atoms with Crippen LogP contribution in [-0.4, -0.2) is 26.5 Å². The van der Waals surface area contributed by atoms with E-state index in [2.05, 4.69) is 34.6 Å². The van der Waals surface area contributed by atoms with E-state index in [4.69, 9.17) is 0 Å². The molecular formula is C22H23N5OS. The number of nitrogens with one attached hydrogen (secondary N) is 2. The topological polar surface area (TPSA) is 71.3 Å². The number of fused-ring (bicyclic) bond motifs is 1. The van der Waals surface area contributed by atoms with Crippen LogP contribution in [0.3, 0.4) is 0 Å². The van der Waals surface area contributed by atoms with Crippen molar-refractivity contribution in [2.24, 2.45) is 0 Å². The zero-order valence-corrected chi connectivity index (χ0v) is 17.2. The maximum Gasteiger partial charge on any atom is 0.261 e. The molecule has 0 spiro atoms. The van der Waals surface area contributed by atoms with Gasteiger partial charge in [-0.25, -0.2) is 9.50 Å². The Morgan fingerprint density at radius 1 is 1.14 bits per heavy atom. The molecule has 3 aromatic heterocycles. The molecule has 0 aliphatic heterocycles. The number of para-hydroxylation sites is 1. The second kappa shape index (κ2) is 8.45. The molecule has 0 unspecified atom stereocenters. The monoisotopic (exact) mass is 405 g/mol. The molecule has 0 atom stereocenters. The predicted octanol–water partition coefficient (Wildman–Crippen LogP) is 5.12. The zero-order valence-electron chi connectivity index (χ0n) is 16.4. The fourth-order valence-corrected chi connectivity index (χ4v) is 3.99. The van der Waals surface area contributed by atoms with Crippen LogP contribution in [0.1, 0.15) is 36.4 Å². The number of amides is 1. The maximum atomic E-state index is 12.5. The van der Waals surface area contributed by atoms with Crippen molar-refractivity contribution < 1.29 is 4.79 Å². The first-order chi connectivity index (χ1) is 14.2. The third kappa shape index (κ3) is 4.14. The Labute approximate surface area is 173 Å². The Morgan fingerprint density at radius 3 is 2.69 bits per heavy atom. The lowest BCUT2D eigenvalue weighted by Gasteiger charge is -2.13. The van der Waals surface area contributed by atoms with Gasteiger partial charge in [-0.1, -0.05) is 32.0 Å². The van der Waals surface area contributed by atoms with E-state index in [9.17, 15) is 4.79 Å². The molecule has 0 fully saturated rings. The quantitative estimate of drug-likeness (QED) is 0.448. The minimum atomic E-state index is -0.0197.